The van der Waals surface area contributed by atoms with Crippen LogP contribution in [0, 0.1) is 23.7 Å². The van der Waals surface area contributed by atoms with E-state index in [-0.39, 0.29) is 62.2 Å². The SMILES string of the molecule is CC(C)CC1C(=O)O[C@H](Cc2ccc(N3CCOCC3)cc2)C(=O)N(C)[C@@H](CC(C)C)C(=O)O[C@H](C)C(=O)N(C)[C@@H](CC(C)C)C(=O)O[C@H](Cc2ccc(N3CCOCC3)cc2)C(=O)N(C)[C@H](CC(C)C)C(=O)OC(C)C(=O)N1C. The minimum Gasteiger partial charge on any atom is -0.451 e. The standard InChI is InChI=1S/C60H90N6O14/c1-37(2)31-47-57(71)77-41(9)53(67)61(11)50(34-40(7)8)60(74)80-52(36-44-17-21-46(22-18-44)66-25-29-76-30-26-66)56(70)64(14)48(32-38(3)4)58(72)78-42(10)54(68)62(12)49(33-39(5)6)59(73)79-51(55(69)63(47)13)35-43-15-19-45(20-16-43)65-23-27-75-28-24-65/h15-22,37-42,47-52H,23-36H2,1-14H3/t41-,42?,47+,48-,49?,50+,51-,52-/m1/s1. The summed E-state index contributed by atoms with van der Waals surface area (Å²) >= 11 is 0. The van der Waals surface area contributed by atoms with Gasteiger partial charge in [0, 0.05) is 78.6 Å². The molecule has 3 aliphatic rings. The van der Waals surface area contributed by atoms with Crippen LogP contribution in [0.15, 0.2) is 48.5 Å². The highest BCUT2D eigenvalue weighted by Gasteiger charge is 2.43. The van der Waals surface area contributed by atoms with Crippen LogP contribution < -0.4 is 9.80 Å². The molecule has 4 amide bonds. The maximum atomic E-state index is 15.0. The summed E-state index contributed by atoms with van der Waals surface area (Å²) in [6, 6.07) is 9.92. The van der Waals surface area contributed by atoms with Gasteiger partial charge in [-0.05, 0) is 98.6 Å². The molecule has 80 heavy (non-hydrogen) atoms. The topological polar surface area (TPSA) is 211 Å². The molecule has 444 valence electrons. The molecule has 8 atom stereocenters. The van der Waals surface area contributed by atoms with Gasteiger partial charge in [-0.3, -0.25) is 19.2 Å². The lowest BCUT2D eigenvalue weighted by atomic mass is 10.00. The number of nitrogens with zero attached hydrogens (tertiary/aromatic N) is 6. The number of carbonyl (C=O) groups is 8. The van der Waals surface area contributed by atoms with E-state index >= 15 is 0 Å². The number of hydrogen-bond acceptors (Lipinski definition) is 16. The fraction of sp³-hybridized carbons (Fsp3) is 0.667. The molecule has 0 spiro atoms. The molecule has 0 aliphatic carbocycles. The normalized spacial score (nSPS) is 25.6. The third kappa shape index (κ3) is 17.9. The fourth-order valence-corrected chi connectivity index (χ4v) is 10.2. The van der Waals surface area contributed by atoms with Crippen molar-refractivity contribution in [3.8, 4) is 0 Å². The van der Waals surface area contributed by atoms with Crippen LogP contribution in [-0.4, -0.2) is 196 Å². The lowest BCUT2D eigenvalue weighted by Crippen LogP contribution is -2.55. The molecule has 20 heteroatoms. The van der Waals surface area contributed by atoms with Gasteiger partial charge in [-0.2, -0.15) is 0 Å². The molecule has 5 rings (SSSR count). The molecule has 2 aromatic carbocycles. The smallest absolute Gasteiger partial charge is 0.329 e. The Morgan fingerprint density at radius 1 is 0.388 bits per heavy atom. The fourth-order valence-electron chi connectivity index (χ4n) is 10.2. The van der Waals surface area contributed by atoms with E-state index in [0.717, 1.165) is 21.2 Å². The molecule has 20 nitrogen and oxygen atoms in total. The van der Waals surface area contributed by atoms with Gasteiger partial charge in [-0.15, -0.1) is 0 Å². The lowest BCUT2D eigenvalue weighted by Gasteiger charge is -2.35. The number of likely N-dealkylation sites (N-methyl/N-ethyl adjacent to an activating group) is 4. The maximum absolute atomic E-state index is 15.0. The van der Waals surface area contributed by atoms with E-state index in [4.69, 9.17) is 28.4 Å². The predicted octanol–water partition coefficient (Wildman–Crippen LogP) is 5.34. The molecule has 3 aliphatic heterocycles. The number of carbonyl (C=O) groups excluding carboxylic acids is 8. The lowest BCUT2D eigenvalue weighted by molar-refractivity contribution is -0.176. The Balaban J connectivity index is 1.59. The summed E-state index contributed by atoms with van der Waals surface area (Å²) in [6.07, 6.45) is -5.82. The molecule has 0 radical (unpaired) electrons. The summed E-state index contributed by atoms with van der Waals surface area (Å²) in [4.78, 5) is 126. The Bertz CT molecular complexity index is 2220. The first-order chi connectivity index (χ1) is 37.8. The Hall–Kier alpha value is -6.28. The summed E-state index contributed by atoms with van der Waals surface area (Å²) < 4.78 is 35.3. The highest BCUT2D eigenvalue weighted by Crippen LogP contribution is 2.26. The van der Waals surface area contributed by atoms with Crippen molar-refractivity contribution in [2.45, 2.75) is 156 Å². The van der Waals surface area contributed by atoms with Crippen LogP contribution in [-0.2, 0) is 79.6 Å². The van der Waals surface area contributed by atoms with Gasteiger partial charge >= 0.3 is 23.9 Å². The van der Waals surface area contributed by atoms with Gasteiger partial charge < -0.3 is 57.8 Å². The Morgan fingerprint density at radius 3 is 0.900 bits per heavy atom. The van der Waals surface area contributed by atoms with Gasteiger partial charge in [0.2, 0.25) is 0 Å². The first-order valence-electron chi connectivity index (χ1n) is 28.5. The van der Waals surface area contributed by atoms with Crippen molar-refractivity contribution in [2.24, 2.45) is 23.7 Å². The second kappa shape index (κ2) is 30.0. The van der Waals surface area contributed by atoms with Crippen molar-refractivity contribution in [2.75, 3.05) is 90.6 Å². The molecule has 3 fully saturated rings. The monoisotopic (exact) mass is 1120 g/mol. The zero-order valence-corrected chi connectivity index (χ0v) is 49.8. The van der Waals surface area contributed by atoms with Crippen molar-refractivity contribution in [1.82, 2.24) is 19.6 Å². The number of amides is 4. The zero-order chi connectivity index (χ0) is 59.1. The Labute approximate surface area is 474 Å². The van der Waals surface area contributed by atoms with E-state index in [1.54, 1.807) is 0 Å². The second-order valence-corrected chi connectivity index (χ2v) is 23.3. The first kappa shape index (κ1) is 64.5. The van der Waals surface area contributed by atoms with E-state index in [1.807, 2.05) is 104 Å². The van der Waals surface area contributed by atoms with Crippen LogP contribution in [0.3, 0.4) is 0 Å². The summed E-state index contributed by atoms with van der Waals surface area (Å²) in [5.74, 6) is -7.28. The number of ether oxygens (including phenoxy) is 6. The molecule has 0 aromatic heterocycles. The van der Waals surface area contributed by atoms with Crippen LogP contribution in [0.2, 0.25) is 0 Å². The van der Waals surface area contributed by atoms with Gasteiger partial charge in [0.05, 0.1) is 26.4 Å². The van der Waals surface area contributed by atoms with Gasteiger partial charge in [0.25, 0.3) is 23.6 Å². The Morgan fingerprint density at radius 2 is 0.637 bits per heavy atom. The Kier molecular flexibility index (Phi) is 24.2. The largest absolute Gasteiger partial charge is 0.451 e. The predicted molar refractivity (Wildman–Crippen MR) is 301 cm³/mol. The molecule has 2 unspecified atom stereocenters. The van der Waals surface area contributed by atoms with Crippen molar-refractivity contribution in [3.05, 3.63) is 59.7 Å². The highest BCUT2D eigenvalue weighted by molar-refractivity contribution is 5.94. The number of anilines is 2. The second-order valence-electron chi connectivity index (χ2n) is 23.3. The molecular formula is C60H90N6O14. The molecule has 3 heterocycles. The maximum Gasteiger partial charge on any atom is 0.329 e. The molecule has 0 saturated carbocycles. The minimum absolute atomic E-state index is 0.0939. The van der Waals surface area contributed by atoms with Crippen LogP contribution in [0.1, 0.15) is 106 Å². The summed E-state index contributed by atoms with van der Waals surface area (Å²) in [6.45, 7) is 22.7. The molecular weight excluding hydrogens is 1030 g/mol. The third-order valence-corrected chi connectivity index (χ3v) is 14.9. The minimum atomic E-state index is -1.51. The number of hydrogen-bond donors (Lipinski definition) is 0. The van der Waals surface area contributed by atoms with E-state index < -0.39 is 96.1 Å². The summed E-state index contributed by atoms with van der Waals surface area (Å²) in [5.41, 5.74) is 3.17. The third-order valence-electron chi connectivity index (χ3n) is 14.9. The van der Waals surface area contributed by atoms with Gasteiger partial charge in [-0.1, -0.05) is 79.7 Å². The first-order valence-corrected chi connectivity index (χ1v) is 28.5. The van der Waals surface area contributed by atoms with E-state index in [2.05, 4.69) is 9.80 Å². The number of morpholine rings is 2. The van der Waals surface area contributed by atoms with Crippen LogP contribution in [0.25, 0.3) is 0 Å². The van der Waals surface area contributed by atoms with E-state index in [1.165, 1.54) is 51.8 Å². The van der Waals surface area contributed by atoms with Gasteiger partial charge in [0.1, 0.15) is 24.2 Å². The quantitative estimate of drug-likeness (QED) is 0.173. The number of cyclic esters (lactones) is 4. The van der Waals surface area contributed by atoms with Gasteiger partial charge in [0.15, 0.2) is 24.4 Å². The number of esters is 4. The van der Waals surface area contributed by atoms with E-state index in [0.29, 0.717) is 63.7 Å². The zero-order valence-electron chi connectivity index (χ0n) is 49.8. The van der Waals surface area contributed by atoms with Crippen LogP contribution in [0.5, 0.6) is 0 Å². The van der Waals surface area contributed by atoms with Crippen molar-refractivity contribution in [3.63, 3.8) is 0 Å². The average molecular weight is 1120 g/mol. The number of rotatable bonds is 14. The number of benzene rings is 2. The van der Waals surface area contributed by atoms with E-state index in [9.17, 15) is 38.4 Å². The summed E-state index contributed by atoms with van der Waals surface area (Å²) in [7, 11) is 5.61. The molecule has 0 N–H and O–H groups in total. The molecule has 0 bridgehead atoms. The summed E-state index contributed by atoms with van der Waals surface area (Å²) in [5, 5.41) is 0. The molecule has 2 aromatic rings. The van der Waals surface area contributed by atoms with Crippen LogP contribution >= 0.6 is 0 Å². The highest BCUT2D eigenvalue weighted by atomic mass is 16.6. The van der Waals surface area contributed by atoms with Gasteiger partial charge in [-0.25, -0.2) is 19.2 Å². The van der Waals surface area contributed by atoms with Crippen molar-refractivity contribution in [1.29, 1.82) is 0 Å². The molecule has 3 saturated heterocycles. The van der Waals surface area contributed by atoms with Crippen molar-refractivity contribution < 1.29 is 66.8 Å². The van der Waals surface area contributed by atoms with Crippen LogP contribution in [0.4, 0.5) is 11.4 Å². The van der Waals surface area contributed by atoms with Crippen molar-refractivity contribution >= 4 is 58.9 Å². The average Bonchev–Trinajstić information content (AvgIpc) is 3.44.